The Morgan fingerprint density at radius 2 is 2.05 bits per heavy atom. The Morgan fingerprint density at radius 3 is 2.80 bits per heavy atom. The summed E-state index contributed by atoms with van der Waals surface area (Å²) in [5, 5.41) is 6.50. The third-order valence-corrected chi connectivity index (χ3v) is 3.57. The molecule has 0 spiro atoms. The number of rotatable bonds is 2. The van der Waals surface area contributed by atoms with E-state index in [1.807, 2.05) is 19.1 Å². The average Bonchev–Trinajstić information content (AvgIpc) is 2.69. The summed E-state index contributed by atoms with van der Waals surface area (Å²) in [6, 6.07) is 9.03. The van der Waals surface area contributed by atoms with E-state index >= 15 is 0 Å². The first kappa shape index (κ1) is 12.9. The maximum absolute atomic E-state index is 13.3. The van der Waals surface area contributed by atoms with Crippen molar-refractivity contribution < 1.29 is 9.18 Å². The van der Waals surface area contributed by atoms with Crippen molar-refractivity contribution >= 4 is 28.9 Å². The van der Waals surface area contributed by atoms with Crippen molar-refractivity contribution in [1.82, 2.24) is 0 Å². The molecule has 0 bridgehead atoms. The number of carbonyl (C=O) groups excluding carboxylic acids is 1. The largest absolute Gasteiger partial charge is 0.370 e. The molecule has 0 aliphatic carbocycles. The molecule has 2 aromatic rings. The summed E-state index contributed by atoms with van der Waals surface area (Å²) >= 11 is 5.91. The Balaban J connectivity index is 1.95. The standard InChI is InChI=1S/C15H12ClFN2O/c1-8-6-9(16)2-4-12(8)18-14-11-7-10(17)3-5-13(11)19-15(14)20/h2-7,14,18H,1H3,(H,19,20). The second-order valence-corrected chi connectivity index (χ2v) is 5.19. The first-order chi connectivity index (χ1) is 9.54. The van der Waals surface area contributed by atoms with Crippen molar-refractivity contribution in [3.05, 3.63) is 58.4 Å². The molecule has 0 saturated heterocycles. The summed E-state index contributed by atoms with van der Waals surface area (Å²) in [4.78, 5) is 12.0. The second-order valence-electron chi connectivity index (χ2n) is 4.76. The van der Waals surface area contributed by atoms with Crippen LogP contribution in [0.1, 0.15) is 17.2 Å². The van der Waals surface area contributed by atoms with Crippen LogP contribution in [0.15, 0.2) is 36.4 Å². The molecule has 3 rings (SSSR count). The number of amides is 1. The second kappa shape index (κ2) is 4.80. The first-order valence-corrected chi connectivity index (χ1v) is 6.55. The zero-order chi connectivity index (χ0) is 14.3. The van der Waals surface area contributed by atoms with Gasteiger partial charge in [-0.05, 0) is 48.9 Å². The molecule has 1 unspecified atom stereocenters. The highest BCUT2D eigenvalue weighted by molar-refractivity contribution is 6.30. The quantitative estimate of drug-likeness (QED) is 0.881. The van der Waals surface area contributed by atoms with Crippen molar-refractivity contribution in [2.45, 2.75) is 13.0 Å². The number of fused-ring (bicyclic) bond motifs is 1. The third-order valence-electron chi connectivity index (χ3n) is 3.33. The summed E-state index contributed by atoms with van der Waals surface area (Å²) in [7, 11) is 0. The van der Waals surface area contributed by atoms with Crippen LogP contribution in [0, 0.1) is 12.7 Å². The van der Waals surface area contributed by atoms with Crippen molar-refractivity contribution in [3.8, 4) is 0 Å². The van der Waals surface area contributed by atoms with Crippen LogP contribution in [-0.2, 0) is 4.79 Å². The molecule has 0 fully saturated rings. The van der Waals surface area contributed by atoms with Crippen molar-refractivity contribution in [3.63, 3.8) is 0 Å². The van der Waals surface area contributed by atoms with E-state index in [-0.39, 0.29) is 11.7 Å². The van der Waals surface area contributed by atoms with Gasteiger partial charge in [0.15, 0.2) is 0 Å². The van der Waals surface area contributed by atoms with E-state index in [1.54, 1.807) is 12.1 Å². The highest BCUT2D eigenvalue weighted by Crippen LogP contribution is 2.34. The molecule has 0 radical (unpaired) electrons. The Kier molecular flexibility index (Phi) is 3.10. The molecular weight excluding hydrogens is 279 g/mol. The van der Waals surface area contributed by atoms with Crippen LogP contribution in [0.3, 0.4) is 0 Å². The number of hydrogen-bond acceptors (Lipinski definition) is 2. The highest BCUT2D eigenvalue weighted by atomic mass is 35.5. The fraction of sp³-hybridized carbons (Fsp3) is 0.133. The summed E-state index contributed by atoms with van der Waals surface area (Å²) in [5.74, 6) is -0.556. The van der Waals surface area contributed by atoms with Gasteiger partial charge in [0.25, 0.3) is 5.91 Å². The summed E-state index contributed by atoms with van der Waals surface area (Å²) < 4.78 is 13.3. The molecule has 1 atom stereocenters. The lowest BCUT2D eigenvalue weighted by atomic mass is 10.1. The van der Waals surface area contributed by atoms with Crippen LogP contribution in [0.5, 0.6) is 0 Å². The Morgan fingerprint density at radius 1 is 1.25 bits per heavy atom. The smallest absolute Gasteiger partial charge is 0.251 e. The van der Waals surface area contributed by atoms with Crippen LogP contribution in [-0.4, -0.2) is 5.91 Å². The summed E-state index contributed by atoms with van der Waals surface area (Å²) in [6.45, 7) is 1.90. The van der Waals surface area contributed by atoms with Gasteiger partial charge in [0.1, 0.15) is 11.9 Å². The molecule has 20 heavy (non-hydrogen) atoms. The average molecular weight is 291 g/mol. The van der Waals surface area contributed by atoms with E-state index in [9.17, 15) is 9.18 Å². The van der Waals surface area contributed by atoms with Gasteiger partial charge in [0.05, 0.1) is 0 Å². The molecule has 1 aliphatic heterocycles. The molecular formula is C15H12ClFN2O. The van der Waals surface area contributed by atoms with Crippen LogP contribution in [0.25, 0.3) is 0 Å². The third kappa shape index (κ3) is 2.23. The molecule has 5 heteroatoms. The Bertz CT molecular complexity index is 702. The van der Waals surface area contributed by atoms with Crippen LogP contribution in [0.4, 0.5) is 15.8 Å². The number of anilines is 2. The van der Waals surface area contributed by atoms with Gasteiger partial charge in [-0.15, -0.1) is 0 Å². The van der Waals surface area contributed by atoms with E-state index in [4.69, 9.17) is 11.6 Å². The Labute approximate surface area is 120 Å². The predicted molar refractivity (Wildman–Crippen MR) is 77.6 cm³/mol. The van der Waals surface area contributed by atoms with Crippen molar-refractivity contribution in [1.29, 1.82) is 0 Å². The van der Waals surface area contributed by atoms with Gasteiger partial charge in [-0.3, -0.25) is 4.79 Å². The van der Waals surface area contributed by atoms with Gasteiger partial charge >= 0.3 is 0 Å². The van der Waals surface area contributed by atoms with Crippen LogP contribution >= 0.6 is 11.6 Å². The van der Waals surface area contributed by atoms with E-state index in [0.717, 1.165) is 11.3 Å². The number of benzene rings is 2. The molecule has 2 N–H and O–H groups in total. The van der Waals surface area contributed by atoms with E-state index in [0.29, 0.717) is 16.3 Å². The molecule has 0 aromatic heterocycles. The lowest BCUT2D eigenvalue weighted by Crippen LogP contribution is -2.20. The molecule has 1 amide bonds. The molecule has 0 saturated carbocycles. The van der Waals surface area contributed by atoms with Gasteiger partial charge < -0.3 is 10.6 Å². The van der Waals surface area contributed by atoms with Gasteiger partial charge in [-0.2, -0.15) is 0 Å². The number of nitrogens with one attached hydrogen (secondary N) is 2. The normalized spacial score (nSPS) is 16.8. The monoisotopic (exact) mass is 290 g/mol. The molecule has 3 nitrogen and oxygen atoms in total. The first-order valence-electron chi connectivity index (χ1n) is 6.17. The predicted octanol–water partition coefficient (Wildman–Crippen LogP) is 3.89. The Hall–Kier alpha value is -2.07. The SMILES string of the molecule is Cc1cc(Cl)ccc1NC1C(=O)Nc2ccc(F)cc21. The van der Waals surface area contributed by atoms with E-state index < -0.39 is 6.04 Å². The number of hydrogen-bond donors (Lipinski definition) is 2. The van der Waals surface area contributed by atoms with E-state index in [1.165, 1.54) is 12.1 Å². The maximum Gasteiger partial charge on any atom is 0.251 e. The minimum absolute atomic E-state index is 0.194. The zero-order valence-corrected chi connectivity index (χ0v) is 11.5. The van der Waals surface area contributed by atoms with Crippen molar-refractivity contribution in [2.75, 3.05) is 10.6 Å². The lowest BCUT2D eigenvalue weighted by molar-refractivity contribution is -0.116. The number of aryl methyl sites for hydroxylation is 1. The van der Waals surface area contributed by atoms with Gasteiger partial charge in [0.2, 0.25) is 0 Å². The molecule has 102 valence electrons. The van der Waals surface area contributed by atoms with Crippen molar-refractivity contribution in [2.24, 2.45) is 0 Å². The van der Waals surface area contributed by atoms with Gasteiger partial charge in [-0.25, -0.2) is 4.39 Å². The highest BCUT2D eigenvalue weighted by Gasteiger charge is 2.31. The fourth-order valence-corrected chi connectivity index (χ4v) is 2.55. The topological polar surface area (TPSA) is 41.1 Å². The van der Waals surface area contributed by atoms with Crippen LogP contribution < -0.4 is 10.6 Å². The fourth-order valence-electron chi connectivity index (χ4n) is 2.32. The van der Waals surface area contributed by atoms with E-state index in [2.05, 4.69) is 10.6 Å². The van der Waals surface area contributed by atoms with Crippen LogP contribution in [0.2, 0.25) is 5.02 Å². The molecule has 1 aliphatic rings. The zero-order valence-electron chi connectivity index (χ0n) is 10.7. The minimum atomic E-state index is -0.597. The van der Waals surface area contributed by atoms with Gasteiger partial charge in [0, 0.05) is 22.0 Å². The summed E-state index contributed by atoms with van der Waals surface area (Å²) in [6.07, 6.45) is 0. The number of halogens is 2. The molecule has 1 heterocycles. The van der Waals surface area contributed by atoms with Gasteiger partial charge in [-0.1, -0.05) is 11.6 Å². The molecule has 2 aromatic carbocycles. The maximum atomic E-state index is 13.3. The number of carbonyl (C=O) groups is 1. The summed E-state index contributed by atoms with van der Waals surface area (Å²) in [5.41, 5.74) is 2.98. The lowest BCUT2D eigenvalue weighted by Gasteiger charge is -2.15. The minimum Gasteiger partial charge on any atom is -0.370 e.